The minimum Gasteiger partial charge on any atom is -0.379 e. The number of ether oxygens (including phenoxy) is 6. The molecule has 0 bridgehead atoms. The lowest BCUT2D eigenvalue weighted by Crippen LogP contribution is -2.27. The van der Waals surface area contributed by atoms with Gasteiger partial charge in [-0.2, -0.15) is 0 Å². The summed E-state index contributed by atoms with van der Waals surface area (Å²) >= 11 is 0. The first kappa shape index (κ1) is 35.6. The summed E-state index contributed by atoms with van der Waals surface area (Å²) in [5, 5.41) is 5.68. The van der Waals surface area contributed by atoms with E-state index in [1.807, 2.05) is 0 Å². The predicted molar refractivity (Wildman–Crippen MR) is 141 cm³/mol. The highest BCUT2D eigenvalue weighted by atomic mass is 16.5. The Morgan fingerprint density at radius 1 is 0.432 bits per heavy atom. The summed E-state index contributed by atoms with van der Waals surface area (Å²) in [6.45, 7) is 9.08. The van der Waals surface area contributed by atoms with E-state index in [2.05, 4.69) is 10.6 Å². The van der Waals surface area contributed by atoms with Crippen LogP contribution in [-0.2, 0) is 38.0 Å². The molecule has 0 unspecified atom stereocenters. The third kappa shape index (κ3) is 30.7. The molecule has 6 N–H and O–H groups in total. The van der Waals surface area contributed by atoms with Crippen molar-refractivity contribution in [2.75, 3.05) is 105 Å². The van der Waals surface area contributed by atoms with Crippen LogP contribution in [0.5, 0.6) is 0 Å². The second-order valence-corrected chi connectivity index (χ2v) is 8.22. The first-order chi connectivity index (χ1) is 18.2. The van der Waals surface area contributed by atoms with Gasteiger partial charge >= 0.3 is 0 Å². The van der Waals surface area contributed by atoms with Crippen molar-refractivity contribution < 1.29 is 38.0 Å². The van der Waals surface area contributed by atoms with Gasteiger partial charge in [-0.05, 0) is 45.2 Å². The Morgan fingerprint density at radius 3 is 1.05 bits per heavy atom. The highest BCUT2D eigenvalue weighted by Crippen LogP contribution is 1.96. The number of nitrogens with one attached hydrogen (secondary N) is 2. The topological polar surface area (TPSA) is 166 Å². The van der Waals surface area contributed by atoms with E-state index in [4.69, 9.17) is 39.9 Å². The Kier molecular flexibility index (Phi) is 29.7. The lowest BCUT2D eigenvalue weighted by molar-refractivity contribution is -0.122. The van der Waals surface area contributed by atoms with Crippen LogP contribution < -0.4 is 22.1 Å². The molecule has 0 aliphatic carbocycles. The fourth-order valence-corrected chi connectivity index (χ4v) is 2.84. The van der Waals surface area contributed by atoms with Crippen LogP contribution in [0.1, 0.15) is 44.9 Å². The van der Waals surface area contributed by atoms with Crippen molar-refractivity contribution in [3.05, 3.63) is 0 Å². The van der Waals surface area contributed by atoms with E-state index in [-0.39, 0.29) is 11.8 Å². The van der Waals surface area contributed by atoms with Gasteiger partial charge in [0.05, 0.1) is 52.9 Å². The van der Waals surface area contributed by atoms with Gasteiger partial charge in [0.2, 0.25) is 11.8 Å². The Bertz CT molecular complexity index is 461. The molecule has 0 aromatic carbocycles. The highest BCUT2D eigenvalue weighted by molar-refractivity contribution is 5.78. The van der Waals surface area contributed by atoms with Crippen LogP contribution in [0.2, 0.25) is 0 Å². The lowest BCUT2D eigenvalue weighted by atomic mass is 10.2. The zero-order valence-corrected chi connectivity index (χ0v) is 22.7. The number of carbonyl (C=O) groups excluding carboxylic acids is 2. The average molecular weight is 537 g/mol. The van der Waals surface area contributed by atoms with Gasteiger partial charge in [0.1, 0.15) is 0 Å². The first-order valence-electron chi connectivity index (χ1n) is 13.6. The van der Waals surface area contributed by atoms with E-state index in [0.29, 0.717) is 125 Å². The normalized spacial score (nSPS) is 11.1. The van der Waals surface area contributed by atoms with Gasteiger partial charge in [0.15, 0.2) is 0 Å². The van der Waals surface area contributed by atoms with Crippen molar-refractivity contribution in [3.63, 3.8) is 0 Å². The molecule has 0 heterocycles. The van der Waals surface area contributed by atoms with E-state index >= 15 is 0 Å². The van der Waals surface area contributed by atoms with Crippen LogP contribution in [0.25, 0.3) is 0 Å². The predicted octanol–water partition coefficient (Wildman–Crippen LogP) is -0.0335. The summed E-state index contributed by atoms with van der Waals surface area (Å²) in [7, 11) is 0. The fraction of sp³-hybridized carbons (Fsp3) is 0.920. The maximum absolute atomic E-state index is 11.9. The molecule has 37 heavy (non-hydrogen) atoms. The zero-order chi connectivity index (χ0) is 27.1. The van der Waals surface area contributed by atoms with E-state index < -0.39 is 0 Å². The molecule has 0 spiro atoms. The number of amides is 2. The number of nitrogens with two attached hydrogens (primary N) is 2. The quantitative estimate of drug-likeness (QED) is 0.0916. The standard InChI is InChI=1S/C25H52N4O8/c26-8-2-12-32-16-20-36-22-18-34-14-4-10-28-24(30)6-1-7-25(31)29-11-5-15-35-19-23-37-21-17-33-13-3-9-27/h1-23,26-27H2,(H,28,30)(H,29,31). The summed E-state index contributed by atoms with van der Waals surface area (Å²) in [5.74, 6) is -0.105. The Labute approximate surface area is 222 Å². The van der Waals surface area contributed by atoms with Gasteiger partial charge in [0.25, 0.3) is 0 Å². The minimum atomic E-state index is -0.0523. The third-order valence-corrected chi connectivity index (χ3v) is 4.86. The molecule has 0 fully saturated rings. The smallest absolute Gasteiger partial charge is 0.220 e. The maximum Gasteiger partial charge on any atom is 0.220 e. The van der Waals surface area contributed by atoms with Crippen molar-refractivity contribution in [2.24, 2.45) is 11.5 Å². The number of rotatable bonds is 30. The zero-order valence-electron chi connectivity index (χ0n) is 22.7. The molecule has 0 aliphatic heterocycles. The fourth-order valence-electron chi connectivity index (χ4n) is 2.84. The number of carbonyl (C=O) groups is 2. The second kappa shape index (κ2) is 30.8. The summed E-state index contributed by atoms with van der Waals surface area (Å²) in [4.78, 5) is 23.7. The van der Waals surface area contributed by atoms with Gasteiger partial charge in [-0.15, -0.1) is 0 Å². The van der Waals surface area contributed by atoms with Crippen LogP contribution >= 0.6 is 0 Å². The van der Waals surface area contributed by atoms with Gasteiger partial charge in [0, 0.05) is 52.4 Å². The highest BCUT2D eigenvalue weighted by Gasteiger charge is 2.05. The van der Waals surface area contributed by atoms with Crippen LogP contribution in [0.4, 0.5) is 0 Å². The molecule has 0 radical (unpaired) electrons. The molecule has 0 rings (SSSR count). The van der Waals surface area contributed by atoms with Gasteiger partial charge < -0.3 is 50.5 Å². The SMILES string of the molecule is NCCCOCCOCCOCCCNC(=O)CCCC(=O)NCCCOCCOCCOCCCN. The molecule has 2 amide bonds. The van der Waals surface area contributed by atoms with Gasteiger partial charge in [-0.1, -0.05) is 0 Å². The van der Waals surface area contributed by atoms with Crippen LogP contribution in [0.3, 0.4) is 0 Å². The average Bonchev–Trinajstić information content (AvgIpc) is 2.89. The molecular weight excluding hydrogens is 484 g/mol. The van der Waals surface area contributed by atoms with E-state index in [1.54, 1.807) is 0 Å². The summed E-state index contributed by atoms with van der Waals surface area (Å²) in [5.41, 5.74) is 10.8. The molecule has 0 atom stereocenters. The van der Waals surface area contributed by atoms with Crippen LogP contribution in [0, 0.1) is 0 Å². The molecule has 0 aromatic heterocycles. The van der Waals surface area contributed by atoms with E-state index in [0.717, 1.165) is 25.7 Å². The molecule has 12 heteroatoms. The molecule has 0 saturated carbocycles. The Morgan fingerprint density at radius 2 is 0.730 bits per heavy atom. The minimum absolute atomic E-state index is 0.0523. The third-order valence-electron chi connectivity index (χ3n) is 4.86. The monoisotopic (exact) mass is 536 g/mol. The lowest BCUT2D eigenvalue weighted by Gasteiger charge is -2.08. The van der Waals surface area contributed by atoms with Crippen LogP contribution in [-0.4, -0.2) is 117 Å². The first-order valence-corrected chi connectivity index (χ1v) is 13.6. The van der Waals surface area contributed by atoms with Crippen LogP contribution in [0.15, 0.2) is 0 Å². The van der Waals surface area contributed by atoms with Crippen molar-refractivity contribution in [1.29, 1.82) is 0 Å². The van der Waals surface area contributed by atoms with E-state index in [9.17, 15) is 9.59 Å². The Balaban J connectivity index is 3.27. The maximum atomic E-state index is 11.9. The summed E-state index contributed by atoms with van der Waals surface area (Å²) < 4.78 is 32.4. The largest absolute Gasteiger partial charge is 0.379 e. The molecule has 0 aliphatic rings. The molecule has 12 nitrogen and oxygen atoms in total. The van der Waals surface area contributed by atoms with Crippen molar-refractivity contribution in [3.8, 4) is 0 Å². The van der Waals surface area contributed by atoms with Gasteiger partial charge in [-0.3, -0.25) is 9.59 Å². The molecular formula is C25H52N4O8. The Hall–Kier alpha value is -1.38. The molecule has 0 aromatic rings. The summed E-state index contributed by atoms with van der Waals surface area (Å²) in [6.07, 6.45) is 4.35. The number of hydrogen-bond acceptors (Lipinski definition) is 10. The molecule has 0 saturated heterocycles. The van der Waals surface area contributed by atoms with Crippen molar-refractivity contribution in [2.45, 2.75) is 44.9 Å². The number of hydrogen-bond donors (Lipinski definition) is 4. The van der Waals surface area contributed by atoms with Crippen molar-refractivity contribution >= 4 is 11.8 Å². The summed E-state index contributed by atoms with van der Waals surface area (Å²) in [6, 6.07) is 0. The van der Waals surface area contributed by atoms with E-state index in [1.165, 1.54) is 0 Å². The van der Waals surface area contributed by atoms with Gasteiger partial charge in [-0.25, -0.2) is 0 Å². The van der Waals surface area contributed by atoms with Crippen molar-refractivity contribution in [1.82, 2.24) is 10.6 Å². The molecule has 220 valence electrons. The second-order valence-electron chi connectivity index (χ2n) is 8.22.